The number of rotatable bonds is 5. The number of carbonyl (C=O) groups excluding carboxylic acids is 1. The van der Waals surface area contributed by atoms with Gasteiger partial charge >= 0.3 is 0 Å². The fourth-order valence-corrected chi connectivity index (χ4v) is 3.99. The SMILES string of the molecule is O=C(c1cc(C2CC2)[nH]n1)N1CCN(Cc2nc(-c3cccs3)no2)CC1. The van der Waals surface area contributed by atoms with Crippen molar-refractivity contribution in [2.24, 2.45) is 0 Å². The summed E-state index contributed by atoms with van der Waals surface area (Å²) in [6.07, 6.45) is 2.39. The van der Waals surface area contributed by atoms with Crippen LogP contribution in [0, 0.1) is 0 Å². The molecule has 0 atom stereocenters. The van der Waals surface area contributed by atoms with Crippen LogP contribution in [-0.2, 0) is 6.54 Å². The molecule has 3 aromatic heterocycles. The van der Waals surface area contributed by atoms with Crippen molar-refractivity contribution < 1.29 is 9.32 Å². The average Bonchev–Trinajstić information content (AvgIpc) is 3.12. The number of carbonyl (C=O) groups is 1. The molecular formula is C18H20N6O2S. The van der Waals surface area contributed by atoms with Gasteiger partial charge in [-0.15, -0.1) is 11.3 Å². The molecule has 2 fully saturated rings. The number of amides is 1. The fraction of sp³-hybridized carbons (Fsp3) is 0.444. The predicted octanol–water partition coefficient (Wildman–Crippen LogP) is 2.36. The molecule has 2 aliphatic rings. The summed E-state index contributed by atoms with van der Waals surface area (Å²) in [5.74, 6) is 1.83. The van der Waals surface area contributed by atoms with E-state index in [1.54, 1.807) is 11.3 Å². The van der Waals surface area contributed by atoms with Crippen molar-refractivity contribution in [3.63, 3.8) is 0 Å². The lowest BCUT2D eigenvalue weighted by Gasteiger charge is -2.33. The number of nitrogens with one attached hydrogen (secondary N) is 1. The molecule has 9 heteroatoms. The molecule has 1 N–H and O–H groups in total. The maximum atomic E-state index is 12.6. The lowest BCUT2D eigenvalue weighted by atomic mass is 10.2. The van der Waals surface area contributed by atoms with E-state index in [4.69, 9.17) is 4.52 Å². The van der Waals surface area contributed by atoms with Crippen LogP contribution in [0.15, 0.2) is 28.1 Å². The van der Waals surface area contributed by atoms with Gasteiger partial charge in [-0.3, -0.25) is 14.8 Å². The first kappa shape index (κ1) is 16.6. The standard InChI is InChI=1S/C18H20N6O2S/c25-18(14-10-13(20-21-14)12-3-4-12)24-7-5-23(6-8-24)11-16-19-17(22-26-16)15-2-1-9-27-15/h1-2,9-10,12H,3-8,11H2,(H,20,21). The van der Waals surface area contributed by atoms with E-state index < -0.39 is 0 Å². The quantitative estimate of drug-likeness (QED) is 0.726. The molecule has 1 amide bonds. The summed E-state index contributed by atoms with van der Waals surface area (Å²) in [5.41, 5.74) is 1.62. The van der Waals surface area contributed by atoms with Crippen LogP contribution in [0.3, 0.4) is 0 Å². The van der Waals surface area contributed by atoms with Gasteiger partial charge < -0.3 is 9.42 Å². The highest BCUT2D eigenvalue weighted by molar-refractivity contribution is 7.13. The van der Waals surface area contributed by atoms with Gasteiger partial charge in [0.1, 0.15) is 5.69 Å². The summed E-state index contributed by atoms with van der Waals surface area (Å²) < 4.78 is 5.38. The lowest BCUT2D eigenvalue weighted by molar-refractivity contribution is 0.0609. The number of thiophene rings is 1. The van der Waals surface area contributed by atoms with Gasteiger partial charge in [-0.2, -0.15) is 10.1 Å². The summed E-state index contributed by atoms with van der Waals surface area (Å²) in [5, 5.41) is 13.3. The van der Waals surface area contributed by atoms with Gasteiger partial charge in [0.2, 0.25) is 11.7 Å². The fourth-order valence-electron chi connectivity index (χ4n) is 3.34. The maximum absolute atomic E-state index is 12.6. The van der Waals surface area contributed by atoms with E-state index >= 15 is 0 Å². The topological polar surface area (TPSA) is 91.2 Å². The van der Waals surface area contributed by atoms with Crippen LogP contribution in [-0.4, -0.2) is 62.2 Å². The molecule has 0 aromatic carbocycles. The monoisotopic (exact) mass is 384 g/mol. The van der Waals surface area contributed by atoms with E-state index in [1.165, 1.54) is 12.8 Å². The Morgan fingerprint density at radius 2 is 2.15 bits per heavy atom. The number of aromatic nitrogens is 4. The summed E-state index contributed by atoms with van der Waals surface area (Å²) in [4.78, 5) is 22.2. The minimum absolute atomic E-state index is 0.00979. The van der Waals surface area contributed by atoms with Gasteiger partial charge in [0.05, 0.1) is 11.4 Å². The summed E-state index contributed by atoms with van der Waals surface area (Å²) in [6, 6.07) is 5.86. The van der Waals surface area contributed by atoms with E-state index in [0.717, 1.165) is 23.7 Å². The van der Waals surface area contributed by atoms with Gasteiger partial charge in [0.15, 0.2) is 0 Å². The van der Waals surface area contributed by atoms with E-state index in [2.05, 4.69) is 25.2 Å². The highest BCUT2D eigenvalue weighted by Gasteiger charge is 2.29. The predicted molar refractivity (Wildman–Crippen MR) is 99.4 cm³/mol. The summed E-state index contributed by atoms with van der Waals surface area (Å²) >= 11 is 1.59. The highest BCUT2D eigenvalue weighted by Crippen LogP contribution is 2.39. The number of nitrogens with zero attached hydrogens (tertiary/aromatic N) is 5. The largest absolute Gasteiger partial charge is 0.338 e. The first-order valence-electron chi connectivity index (χ1n) is 9.19. The lowest BCUT2D eigenvalue weighted by Crippen LogP contribution is -2.48. The third-order valence-corrected chi connectivity index (χ3v) is 5.93. The zero-order valence-electron chi connectivity index (χ0n) is 14.8. The normalized spacial score (nSPS) is 18.1. The number of H-pyrrole nitrogens is 1. The molecule has 1 saturated heterocycles. The van der Waals surface area contributed by atoms with Crippen LogP contribution in [0.25, 0.3) is 10.7 Å². The molecule has 0 bridgehead atoms. The van der Waals surface area contributed by atoms with Crippen LogP contribution >= 0.6 is 11.3 Å². The zero-order chi connectivity index (χ0) is 18.2. The second-order valence-corrected chi connectivity index (χ2v) is 7.99. The van der Waals surface area contributed by atoms with Gasteiger partial charge in [0, 0.05) is 37.8 Å². The van der Waals surface area contributed by atoms with Crippen LogP contribution in [0.5, 0.6) is 0 Å². The number of aromatic amines is 1. The van der Waals surface area contributed by atoms with Crippen LogP contribution in [0.1, 0.15) is 40.8 Å². The Kier molecular flexibility index (Phi) is 4.25. The molecule has 5 rings (SSSR count). The first-order chi connectivity index (χ1) is 13.3. The third-order valence-electron chi connectivity index (χ3n) is 5.06. The molecule has 1 aliphatic carbocycles. The van der Waals surface area contributed by atoms with Crippen molar-refractivity contribution in [1.29, 1.82) is 0 Å². The number of hydrogen-bond acceptors (Lipinski definition) is 7. The molecule has 3 aromatic rings. The smallest absolute Gasteiger partial charge is 0.274 e. The van der Waals surface area contributed by atoms with Gasteiger partial charge in [-0.05, 0) is 30.4 Å². The molecule has 140 valence electrons. The minimum atomic E-state index is 0.00979. The molecule has 0 radical (unpaired) electrons. The van der Waals surface area contributed by atoms with Crippen molar-refractivity contribution in [2.75, 3.05) is 26.2 Å². The van der Waals surface area contributed by atoms with Crippen LogP contribution < -0.4 is 0 Å². The van der Waals surface area contributed by atoms with Gasteiger partial charge in [0.25, 0.3) is 5.91 Å². The van der Waals surface area contributed by atoms with Gasteiger partial charge in [-0.1, -0.05) is 11.2 Å². The van der Waals surface area contributed by atoms with Crippen LogP contribution in [0.4, 0.5) is 0 Å². The molecule has 4 heterocycles. The van der Waals surface area contributed by atoms with E-state index in [9.17, 15) is 4.79 Å². The Labute approximate surface area is 160 Å². The Morgan fingerprint density at radius 3 is 2.89 bits per heavy atom. The Hall–Kier alpha value is -2.52. The van der Waals surface area contributed by atoms with Crippen molar-refractivity contribution in [2.45, 2.75) is 25.3 Å². The van der Waals surface area contributed by atoms with E-state index in [-0.39, 0.29) is 5.91 Å². The van der Waals surface area contributed by atoms with Crippen molar-refractivity contribution in [3.05, 3.63) is 40.9 Å². The molecule has 0 spiro atoms. The number of piperazine rings is 1. The molecule has 1 aliphatic heterocycles. The van der Waals surface area contributed by atoms with Gasteiger partial charge in [-0.25, -0.2) is 0 Å². The second kappa shape index (κ2) is 6.90. The van der Waals surface area contributed by atoms with Crippen LogP contribution in [0.2, 0.25) is 0 Å². The number of hydrogen-bond donors (Lipinski definition) is 1. The molecule has 1 saturated carbocycles. The van der Waals surface area contributed by atoms with E-state index in [0.29, 0.717) is 43.0 Å². The zero-order valence-corrected chi connectivity index (χ0v) is 15.6. The maximum Gasteiger partial charge on any atom is 0.274 e. The average molecular weight is 384 g/mol. The van der Waals surface area contributed by atoms with Crippen molar-refractivity contribution >= 4 is 17.2 Å². The Balaban J connectivity index is 1.16. The second-order valence-electron chi connectivity index (χ2n) is 7.04. The third kappa shape index (κ3) is 3.52. The highest BCUT2D eigenvalue weighted by atomic mass is 32.1. The van der Waals surface area contributed by atoms with Crippen molar-refractivity contribution in [3.8, 4) is 10.7 Å². The Morgan fingerprint density at radius 1 is 1.30 bits per heavy atom. The molecule has 0 unspecified atom stereocenters. The van der Waals surface area contributed by atoms with Crippen molar-refractivity contribution in [1.82, 2.24) is 30.1 Å². The summed E-state index contributed by atoms with van der Waals surface area (Å²) in [6.45, 7) is 3.52. The van der Waals surface area contributed by atoms with E-state index in [1.807, 2.05) is 28.5 Å². The molecule has 27 heavy (non-hydrogen) atoms. The molecular weight excluding hydrogens is 364 g/mol. The molecule has 8 nitrogen and oxygen atoms in total. The first-order valence-corrected chi connectivity index (χ1v) is 10.1. The Bertz CT molecular complexity index is 921. The minimum Gasteiger partial charge on any atom is -0.338 e. The summed E-state index contributed by atoms with van der Waals surface area (Å²) in [7, 11) is 0.